The van der Waals surface area contributed by atoms with Crippen LogP contribution in [0.5, 0.6) is 11.5 Å². The molecule has 130 valence electrons. The highest BCUT2D eigenvalue weighted by molar-refractivity contribution is 6.07. The highest BCUT2D eigenvalue weighted by atomic mass is 16.5. The molecule has 4 rings (SSSR count). The number of hydrogen-bond acceptors (Lipinski definition) is 4. The molecule has 4 aromatic rings. The molecular weight excluding hydrogens is 330 g/mol. The van der Waals surface area contributed by atoms with Crippen LogP contribution in [-0.2, 0) is 11.2 Å². The molecule has 0 radical (unpaired) electrons. The van der Waals surface area contributed by atoms with E-state index in [1.54, 1.807) is 37.4 Å². The number of benzene rings is 3. The molecule has 5 heteroatoms. The first-order valence-corrected chi connectivity index (χ1v) is 8.21. The molecule has 0 spiro atoms. The van der Waals surface area contributed by atoms with E-state index in [0.29, 0.717) is 17.0 Å². The lowest BCUT2D eigenvalue weighted by atomic mass is 10.1. The van der Waals surface area contributed by atoms with Crippen LogP contribution in [0.25, 0.3) is 21.9 Å². The van der Waals surface area contributed by atoms with Crippen molar-refractivity contribution in [2.75, 3.05) is 12.4 Å². The lowest BCUT2D eigenvalue weighted by Crippen LogP contribution is -2.15. The minimum absolute atomic E-state index is 0.172. The Morgan fingerprint density at radius 2 is 1.81 bits per heavy atom. The number of carbonyl (C=O) groups is 1. The number of aromatic hydroxyl groups is 1. The largest absolute Gasteiger partial charge is 0.508 e. The Balaban J connectivity index is 1.65. The molecule has 0 aliphatic rings. The summed E-state index contributed by atoms with van der Waals surface area (Å²) in [4.78, 5) is 12.4. The van der Waals surface area contributed by atoms with Crippen LogP contribution >= 0.6 is 0 Å². The number of ether oxygens (including phenoxy) is 1. The van der Waals surface area contributed by atoms with Crippen LogP contribution in [0.1, 0.15) is 5.56 Å². The monoisotopic (exact) mass is 347 g/mol. The van der Waals surface area contributed by atoms with Crippen molar-refractivity contribution in [1.82, 2.24) is 0 Å². The second-order valence-corrected chi connectivity index (χ2v) is 6.04. The fraction of sp³-hybridized carbons (Fsp3) is 0.0952. The third kappa shape index (κ3) is 2.95. The molecule has 3 aromatic carbocycles. The van der Waals surface area contributed by atoms with E-state index in [1.807, 2.05) is 30.3 Å². The maximum Gasteiger partial charge on any atom is 0.228 e. The number of phenols is 1. The summed E-state index contributed by atoms with van der Waals surface area (Å²) in [5, 5.41) is 14.1. The Morgan fingerprint density at radius 1 is 1.04 bits per heavy atom. The smallest absolute Gasteiger partial charge is 0.228 e. The normalized spacial score (nSPS) is 11.0. The molecule has 0 fully saturated rings. The van der Waals surface area contributed by atoms with Gasteiger partial charge in [0.25, 0.3) is 0 Å². The van der Waals surface area contributed by atoms with Gasteiger partial charge in [-0.05, 0) is 29.8 Å². The lowest BCUT2D eigenvalue weighted by molar-refractivity contribution is -0.115. The van der Waals surface area contributed by atoms with Crippen LogP contribution < -0.4 is 10.1 Å². The Bertz CT molecular complexity index is 1100. The number of anilines is 1. The first kappa shape index (κ1) is 16.0. The quantitative estimate of drug-likeness (QED) is 0.571. The molecule has 0 aliphatic carbocycles. The van der Waals surface area contributed by atoms with Crippen molar-refractivity contribution < 1.29 is 19.1 Å². The SMILES string of the molecule is COc1cc2c(cc1NC(=O)Cc1ccc(O)cc1)oc1ccccc12. The number of furan rings is 1. The fourth-order valence-electron chi connectivity index (χ4n) is 3.01. The van der Waals surface area contributed by atoms with Gasteiger partial charge in [0, 0.05) is 16.8 Å². The van der Waals surface area contributed by atoms with Gasteiger partial charge in [-0.3, -0.25) is 4.79 Å². The van der Waals surface area contributed by atoms with Gasteiger partial charge in [0.15, 0.2) is 0 Å². The Hall–Kier alpha value is -3.47. The number of phenolic OH excluding ortho intramolecular Hbond substituents is 1. The Labute approximate surface area is 149 Å². The predicted molar refractivity (Wildman–Crippen MR) is 101 cm³/mol. The van der Waals surface area contributed by atoms with Crippen molar-refractivity contribution in [3.63, 3.8) is 0 Å². The van der Waals surface area contributed by atoms with Crippen molar-refractivity contribution in [3.05, 3.63) is 66.2 Å². The fourth-order valence-corrected chi connectivity index (χ4v) is 3.01. The lowest BCUT2D eigenvalue weighted by Gasteiger charge is -2.10. The number of amides is 1. The third-order valence-electron chi connectivity index (χ3n) is 4.27. The number of nitrogens with one attached hydrogen (secondary N) is 1. The molecular formula is C21H17NO4. The van der Waals surface area contributed by atoms with Crippen molar-refractivity contribution in [2.45, 2.75) is 6.42 Å². The molecule has 5 nitrogen and oxygen atoms in total. The average molecular weight is 347 g/mol. The molecule has 0 unspecified atom stereocenters. The minimum atomic E-state index is -0.176. The number of carbonyl (C=O) groups excluding carboxylic acids is 1. The first-order chi connectivity index (χ1) is 12.6. The van der Waals surface area contributed by atoms with E-state index in [4.69, 9.17) is 9.15 Å². The molecule has 2 N–H and O–H groups in total. The van der Waals surface area contributed by atoms with E-state index >= 15 is 0 Å². The molecule has 0 saturated carbocycles. The van der Waals surface area contributed by atoms with Gasteiger partial charge in [-0.1, -0.05) is 30.3 Å². The molecule has 1 amide bonds. The summed E-state index contributed by atoms with van der Waals surface area (Å²) < 4.78 is 11.3. The van der Waals surface area contributed by atoms with Gasteiger partial charge in [0.2, 0.25) is 5.91 Å². The second kappa shape index (κ2) is 6.44. The maximum absolute atomic E-state index is 12.4. The number of methoxy groups -OCH3 is 1. The predicted octanol–water partition coefficient (Wildman–Crippen LogP) is 4.48. The maximum atomic E-state index is 12.4. The van der Waals surface area contributed by atoms with Gasteiger partial charge in [-0.25, -0.2) is 0 Å². The van der Waals surface area contributed by atoms with Crippen LogP contribution in [0.2, 0.25) is 0 Å². The zero-order chi connectivity index (χ0) is 18.1. The number of para-hydroxylation sites is 1. The summed E-state index contributed by atoms with van der Waals surface area (Å²) in [6, 6.07) is 18.0. The number of fused-ring (bicyclic) bond motifs is 3. The highest BCUT2D eigenvalue weighted by Crippen LogP contribution is 2.36. The van der Waals surface area contributed by atoms with Crippen LogP contribution in [-0.4, -0.2) is 18.1 Å². The van der Waals surface area contributed by atoms with Crippen molar-refractivity contribution in [3.8, 4) is 11.5 Å². The molecule has 0 bridgehead atoms. The van der Waals surface area contributed by atoms with E-state index in [1.165, 1.54) is 0 Å². The van der Waals surface area contributed by atoms with E-state index in [9.17, 15) is 9.90 Å². The zero-order valence-corrected chi connectivity index (χ0v) is 14.2. The first-order valence-electron chi connectivity index (χ1n) is 8.21. The Kier molecular flexibility index (Phi) is 3.97. The van der Waals surface area contributed by atoms with Gasteiger partial charge in [0.1, 0.15) is 22.7 Å². The number of hydrogen-bond donors (Lipinski definition) is 2. The molecule has 1 heterocycles. The van der Waals surface area contributed by atoms with E-state index < -0.39 is 0 Å². The average Bonchev–Trinajstić information content (AvgIpc) is 3.00. The van der Waals surface area contributed by atoms with E-state index in [0.717, 1.165) is 21.9 Å². The highest BCUT2D eigenvalue weighted by Gasteiger charge is 2.14. The molecule has 0 saturated heterocycles. The van der Waals surface area contributed by atoms with Crippen LogP contribution in [0.4, 0.5) is 5.69 Å². The topological polar surface area (TPSA) is 71.7 Å². The molecule has 0 atom stereocenters. The third-order valence-corrected chi connectivity index (χ3v) is 4.27. The Morgan fingerprint density at radius 3 is 2.58 bits per heavy atom. The molecule has 1 aromatic heterocycles. The zero-order valence-electron chi connectivity index (χ0n) is 14.2. The summed E-state index contributed by atoms with van der Waals surface area (Å²) in [6.07, 6.45) is 0.196. The van der Waals surface area contributed by atoms with Gasteiger partial charge in [0.05, 0.1) is 19.2 Å². The van der Waals surface area contributed by atoms with Crippen molar-refractivity contribution >= 4 is 33.5 Å². The minimum Gasteiger partial charge on any atom is -0.508 e. The summed E-state index contributed by atoms with van der Waals surface area (Å²) in [7, 11) is 1.57. The van der Waals surface area contributed by atoms with E-state index in [2.05, 4.69) is 5.32 Å². The van der Waals surface area contributed by atoms with E-state index in [-0.39, 0.29) is 18.1 Å². The van der Waals surface area contributed by atoms with Crippen molar-refractivity contribution in [1.29, 1.82) is 0 Å². The van der Waals surface area contributed by atoms with Crippen LogP contribution in [0.3, 0.4) is 0 Å². The molecule has 26 heavy (non-hydrogen) atoms. The number of rotatable bonds is 4. The van der Waals surface area contributed by atoms with Gasteiger partial charge < -0.3 is 19.6 Å². The molecule has 0 aliphatic heterocycles. The summed E-state index contributed by atoms with van der Waals surface area (Å²) in [5.74, 6) is 0.568. The summed E-state index contributed by atoms with van der Waals surface area (Å²) >= 11 is 0. The van der Waals surface area contributed by atoms with Crippen molar-refractivity contribution in [2.24, 2.45) is 0 Å². The van der Waals surface area contributed by atoms with Crippen LogP contribution in [0, 0.1) is 0 Å². The standard InChI is InChI=1S/C21H17NO4/c1-25-20-11-16-15-4-2-3-5-18(15)26-19(16)12-17(20)22-21(24)10-13-6-8-14(23)9-7-13/h2-9,11-12,23H,10H2,1H3,(H,22,24). The van der Waals surface area contributed by atoms with Crippen LogP contribution in [0.15, 0.2) is 65.1 Å². The van der Waals surface area contributed by atoms with Gasteiger partial charge in [-0.2, -0.15) is 0 Å². The van der Waals surface area contributed by atoms with Gasteiger partial charge in [-0.15, -0.1) is 0 Å². The summed E-state index contributed by atoms with van der Waals surface area (Å²) in [5.41, 5.74) is 2.84. The summed E-state index contributed by atoms with van der Waals surface area (Å²) in [6.45, 7) is 0. The second-order valence-electron chi connectivity index (χ2n) is 6.04. The van der Waals surface area contributed by atoms with Gasteiger partial charge >= 0.3 is 0 Å².